The van der Waals surface area contributed by atoms with Crippen molar-refractivity contribution in [3.05, 3.63) is 35.9 Å². The standard InChI is InChI=1S/C16H26N2O/c1-3-10-17-16(14-7-5-4-6-8-14)12-18(2)15-9-11-19-13-15/h4-8,15-17H,3,9-13H2,1-2H3. The summed E-state index contributed by atoms with van der Waals surface area (Å²) in [6, 6.07) is 11.7. The molecule has 0 radical (unpaired) electrons. The maximum absolute atomic E-state index is 5.48. The van der Waals surface area contributed by atoms with E-state index in [2.05, 4.69) is 54.5 Å². The number of rotatable bonds is 7. The predicted molar refractivity (Wildman–Crippen MR) is 79.3 cm³/mol. The lowest BCUT2D eigenvalue weighted by molar-refractivity contribution is 0.153. The van der Waals surface area contributed by atoms with E-state index in [1.165, 1.54) is 12.0 Å². The van der Waals surface area contributed by atoms with Gasteiger partial charge in [-0.1, -0.05) is 37.3 Å². The average Bonchev–Trinajstić information content (AvgIpc) is 2.98. The highest BCUT2D eigenvalue weighted by molar-refractivity contribution is 5.19. The zero-order valence-electron chi connectivity index (χ0n) is 12.1. The van der Waals surface area contributed by atoms with Gasteiger partial charge in [-0.15, -0.1) is 0 Å². The first-order chi connectivity index (χ1) is 9.31. The number of ether oxygens (including phenoxy) is 1. The highest BCUT2D eigenvalue weighted by Crippen LogP contribution is 2.17. The van der Waals surface area contributed by atoms with Crippen LogP contribution in [0.2, 0.25) is 0 Å². The number of nitrogens with zero attached hydrogens (tertiary/aromatic N) is 1. The number of nitrogens with one attached hydrogen (secondary N) is 1. The zero-order valence-corrected chi connectivity index (χ0v) is 12.1. The van der Waals surface area contributed by atoms with Crippen LogP contribution in [0.15, 0.2) is 30.3 Å². The van der Waals surface area contributed by atoms with Crippen LogP contribution in [0, 0.1) is 0 Å². The number of likely N-dealkylation sites (N-methyl/N-ethyl adjacent to an activating group) is 1. The molecule has 3 heteroatoms. The fourth-order valence-corrected chi connectivity index (χ4v) is 2.60. The third-order valence-corrected chi connectivity index (χ3v) is 3.84. The fourth-order valence-electron chi connectivity index (χ4n) is 2.60. The van der Waals surface area contributed by atoms with E-state index in [0.717, 1.165) is 32.7 Å². The van der Waals surface area contributed by atoms with E-state index in [4.69, 9.17) is 4.74 Å². The van der Waals surface area contributed by atoms with E-state index in [1.54, 1.807) is 0 Å². The topological polar surface area (TPSA) is 24.5 Å². The van der Waals surface area contributed by atoms with Crippen LogP contribution in [0.4, 0.5) is 0 Å². The lowest BCUT2D eigenvalue weighted by atomic mass is 10.1. The fraction of sp³-hybridized carbons (Fsp3) is 0.625. The molecular formula is C16H26N2O. The maximum atomic E-state index is 5.48. The van der Waals surface area contributed by atoms with Gasteiger partial charge in [-0.2, -0.15) is 0 Å². The van der Waals surface area contributed by atoms with E-state index >= 15 is 0 Å². The van der Waals surface area contributed by atoms with Crippen molar-refractivity contribution < 1.29 is 4.74 Å². The highest BCUT2D eigenvalue weighted by atomic mass is 16.5. The molecule has 0 amide bonds. The van der Waals surface area contributed by atoms with Gasteiger partial charge >= 0.3 is 0 Å². The zero-order chi connectivity index (χ0) is 13.5. The van der Waals surface area contributed by atoms with Crippen molar-refractivity contribution in [3.63, 3.8) is 0 Å². The summed E-state index contributed by atoms with van der Waals surface area (Å²) in [5.41, 5.74) is 1.38. The van der Waals surface area contributed by atoms with Gasteiger partial charge in [0, 0.05) is 25.2 Å². The molecule has 19 heavy (non-hydrogen) atoms. The predicted octanol–water partition coefficient (Wildman–Crippen LogP) is 2.45. The number of benzene rings is 1. The van der Waals surface area contributed by atoms with E-state index in [-0.39, 0.29) is 0 Å². The van der Waals surface area contributed by atoms with Crippen molar-refractivity contribution in [1.29, 1.82) is 0 Å². The molecule has 1 aromatic carbocycles. The maximum Gasteiger partial charge on any atom is 0.0622 e. The first-order valence-corrected chi connectivity index (χ1v) is 7.37. The Morgan fingerprint density at radius 3 is 2.79 bits per heavy atom. The van der Waals surface area contributed by atoms with Crippen LogP contribution < -0.4 is 5.32 Å². The Labute approximate surface area is 116 Å². The summed E-state index contributed by atoms with van der Waals surface area (Å²) in [4.78, 5) is 2.44. The lowest BCUT2D eigenvalue weighted by Gasteiger charge is -2.29. The van der Waals surface area contributed by atoms with E-state index in [1.807, 2.05) is 0 Å². The summed E-state index contributed by atoms with van der Waals surface area (Å²) in [5, 5.41) is 3.66. The van der Waals surface area contributed by atoms with Gasteiger partial charge in [0.1, 0.15) is 0 Å². The van der Waals surface area contributed by atoms with Gasteiger partial charge in [0.2, 0.25) is 0 Å². The smallest absolute Gasteiger partial charge is 0.0622 e. The van der Waals surface area contributed by atoms with Crippen LogP contribution in [0.5, 0.6) is 0 Å². The minimum Gasteiger partial charge on any atom is -0.380 e. The molecule has 3 nitrogen and oxygen atoms in total. The minimum absolute atomic E-state index is 0.409. The molecule has 2 unspecified atom stereocenters. The van der Waals surface area contributed by atoms with Crippen LogP contribution in [0.3, 0.4) is 0 Å². The van der Waals surface area contributed by atoms with Gasteiger partial charge in [-0.3, -0.25) is 4.90 Å². The number of hydrogen-bond acceptors (Lipinski definition) is 3. The van der Waals surface area contributed by atoms with Crippen molar-refractivity contribution in [2.45, 2.75) is 31.8 Å². The first kappa shape index (κ1) is 14.5. The summed E-state index contributed by atoms with van der Waals surface area (Å²) in [6.45, 7) is 6.11. The molecule has 2 atom stereocenters. The summed E-state index contributed by atoms with van der Waals surface area (Å²) >= 11 is 0. The Balaban J connectivity index is 1.96. The first-order valence-electron chi connectivity index (χ1n) is 7.37. The molecule has 0 bridgehead atoms. The Morgan fingerprint density at radius 1 is 1.37 bits per heavy atom. The van der Waals surface area contributed by atoms with Crippen molar-refractivity contribution in [1.82, 2.24) is 10.2 Å². The average molecular weight is 262 g/mol. The second-order valence-electron chi connectivity index (χ2n) is 5.37. The summed E-state index contributed by atoms with van der Waals surface area (Å²) < 4.78 is 5.48. The molecule has 1 saturated heterocycles. The largest absolute Gasteiger partial charge is 0.380 e. The minimum atomic E-state index is 0.409. The van der Waals surface area contributed by atoms with Gasteiger partial charge < -0.3 is 10.1 Å². The second-order valence-corrected chi connectivity index (χ2v) is 5.37. The summed E-state index contributed by atoms with van der Waals surface area (Å²) in [5.74, 6) is 0. The Kier molecular flexibility index (Phi) is 5.83. The molecule has 1 aromatic rings. The van der Waals surface area contributed by atoms with E-state index < -0.39 is 0 Å². The quantitative estimate of drug-likeness (QED) is 0.817. The molecule has 1 fully saturated rings. The molecule has 0 spiro atoms. The van der Waals surface area contributed by atoms with Gasteiger partial charge in [0.25, 0.3) is 0 Å². The van der Waals surface area contributed by atoms with Crippen molar-refractivity contribution >= 4 is 0 Å². The van der Waals surface area contributed by atoms with Crippen LogP contribution in [0.1, 0.15) is 31.4 Å². The van der Waals surface area contributed by atoms with Crippen LogP contribution in [0.25, 0.3) is 0 Å². The molecule has 2 rings (SSSR count). The molecule has 0 aliphatic carbocycles. The van der Waals surface area contributed by atoms with Crippen LogP contribution in [-0.2, 0) is 4.74 Å². The molecule has 1 heterocycles. The summed E-state index contributed by atoms with van der Waals surface area (Å²) in [6.07, 6.45) is 2.32. The SMILES string of the molecule is CCCNC(CN(C)C1CCOC1)c1ccccc1. The number of hydrogen-bond donors (Lipinski definition) is 1. The van der Waals surface area contributed by atoms with Crippen LogP contribution in [-0.4, -0.2) is 44.3 Å². The highest BCUT2D eigenvalue weighted by Gasteiger charge is 2.23. The second kappa shape index (κ2) is 7.63. The third-order valence-electron chi connectivity index (χ3n) is 3.84. The molecule has 1 N–H and O–H groups in total. The van der Waals surface area contributed by atoms with Gasteiger partial charge in [-0.05, 0) is 32.0 Å². The Hall–Kier alpha value is -0.900. The molecule has 106 valence electrons. The molecule has 0 aromatic heterocycles. The Bertz CT molecular complexity index is 349. The molecular weight excluding hydrogens is 236 g/mol. The third kappa shape index (κ3) is 4.30. The summed E-state index contributed by atoms with van der Waals surface area (Å²) in [7, 11) is 2.21. The molecule has 0 saturated carbocycles. The monoisotopic (exact) mass is 262 g/mol. The van der Waals surface area contributed by atoms with Gasteiger partial charge in [-0.25, -0.2) is 0 Å². The van der Waals surface area contributed by atoms with Gasteiger partial charge in [0.15, 0.2) is 0 Å². The Morgan fingerprint density at radius 2 is 2.16 bits per heavy atom. The van der Waals surface area contributed by atoms with E-state index in [9.17, 15) is 0 Å². The van der Waals surface area contributed by atoms with E-state index in [0.29, 0.717) is 12.1 Å². The molecule has 1 aliphatic heterocycles. The van der Waals surface area contributed by atoms with Crippen molar-refractivity contribution in [2.24, 2.45) is 0 Å². The van der Waals surface area contributed by atoms with Crippen molar-refractivity contribution in [2.75, 3.05) is 33.4 Å². The van der Waals surface area contributed by atoms with Gasteiger partial charge in [0.05, 0.1) is 6.61 Å². The molecule has 1 aliphatic rings. The normalized spacial score (nSPS) is 20.9. The lowest BCUT2D eigenvalue weighted by Crippen LogP contribution is -2.39. The van der Waals surface area contributed by atoms with Crippen LogP contribution >= 0.6 is 0 Å². The van der Waals surface area contributed by atoms with Crippen molar-refractivity contribution in [3.8, 4) is 0 Å².